The molecular weight excluding hydrogens is 286 g/mol. The van der Waals surface area contributed by atoms with Crippen LogP contribution in [-0.2, 0) is 9.59 Å². The molecule has 1 fully saturated rings. The lowest BCUT2D eigenvalue weighted by Crippen LogP contribution is -2.70. The van der Waals surface area contributed by atoms with Crippen LogP contribution in [0.2, 0.25) is 0 Å². The minimum Gasteiger partial charge on any atom is -0.340 e. The van der Waals surface area contributed by atoms with Gasteiger partial charge < -0.3 is 10.2 Å². The highest BCUT2D eigenvalue weighted by Crippen LogP contribution is 2.33. The highest BCUT2D eigenvalue weighted by atomic mass is 32.1. The lowest BCUT2D eigenvalue weighted by Gasteiger charge is -2.47. The molecular formula is C15H23N3O2S. The van der Waals surface area contributed by atoms with E-state index in [2.05, 4.69) is 10.3 Å². The van der Waals surface area contributed by atoms with Gasteiger partial charge in [0, 0.05) is 11.6 Å². The molecule has 21 heavy (non-hydrogen) atoms. The summed E-state index contributed by atoms with van der Waals surface area (Å²) in [7, 11) is 0. The molecule has 6 heteroatoms. The molecule has 5 nitrogen and oxygen atoms in total. The van der Waals surface area contributed by atoms with Gasteiger partial charge in [-0.2, -0.15) is 0 Å². The summed E-state index contributed by atoms with van der Waals surface area (Å²) in [6.45, 7) is 7.78. The Labute approximate surface area is 129 Å². The number of amides is 2. The van der Waals surface area contributed by atoms with Crippen LogP contribution in [0, 0.1) is 0 Å². The van der Waals surface area contributed by atoms with E-state index in [1.807, 2.05) is 33.1 Å². The first-order chi connectivity index (χ1) is 10.0. The number of nitrogens with zero attached hydrogens (tertiary/aromatic N) is 2. The van der Waals surface area contributed by atoms with Crippen LogP contribution in [0.1, 0.15) is 58.0 Å². The SMILES string of the molecule is CCC1C(=O)NC(CC)(CC)C(=O)N1C(C)c1nccs1. The molecule has 1 aliphatic rings. The number of carbonyl (C=O) groups is 2. The van der Waals surface area contributed by atoms with Crippen LogP contribution in [0.25, 0.3) is 0 Å². The van der Waals surface area contributed by atoms with Gasteiger partial charge in [0.05, 0.1) is 6.04 Å². The maximum Gasteiger partial charge on any atom is 0.249 e. The van der Waals surface area contributed by atoms with Gasteiger partial charge in [-0.15, -0.1) is 11.3 Å². The molecule has 0 radical (unpaired) electrons. The van der Waals surface area contributed by atoms with Crippen molar-refractivity contribution in [2.75, 3.05) is 0 Å². The molecule has 0 aliphatic carbocycles. The van der Waals surface area contributed by atoms with E-state index >= 15 is 0 Å². The Morgan fingerprint density at radius 1 is 1.38 bits per heavy atom. The first-order valence-electron chi connectivity index (χ1n) is 7.54. The molecule has 116 valence electrons. The Morgan fingerprint density at radius 3 is 2.52 bits per heavy atom. The van der Waals surface area contributed by atoms with E-state index < -0.39 is 11.6 Å². The third-order valence-corrected chi connectivity index (χ3v) is 5.41. The standard InChI is InChI=1S/C15H23N3O2S/c1-5-11-12(19)17-15(6-2,7-3)14(20)18(11)10(4)13-16-8-9-21-13/h8-11H,5-7H2,1-4H3,(H,17,19). The Morgan fingerprint density at radius 2 is 2.05 bits per heavy atom. The Hall–Kier alpha value is -1.43. The molecule has 2 atom stereocenters. The molecule has 1 aliphatic heterocycles. The van der Waals surface area contributed by atoms with Gasteiger partial charge in [0.15, 0.2) is 0 Å². The first kappa shape index (κ1) is 15.9. The van der Waals surface area contributed by atoms with E-state index in [4.69, 9.17) is 0 Å². The van der Waals surface area contributed by atoms with Gasteiger partial charge in [-0.3, -0.25) is 9.59 Å². The minimum atomic E-state index is -0.770. The average Bonchev–Trinajstić information content (AvgIpc) is 3.02. The number of aromatic nitrogens is 1. The predicted molar refractivity (Wildman–Crippen MR) is 82.9 cm³/mol. The molecule has 2 amide bonds. The second-order valence-corrected chi connectivity index (χ2v) is 6.39. The molecule has 2 heterocycles. The van der Waals surface area contributed by atoms with Gasteiger partial charge in [0.1, 0.15) is 16.6 Å². The summed E-state index contributed by atoms with van der Waals surface area (Å²) >= 11 is 1.52. The van der Waals surface area contributed by atoms with Crippen molar-refractivity contribution in [3.05, 3.63) is 16.6 Å². The van der Waals surface area contributed by atoms with Crippen molar-refractivity contribution in [1.29, 1.82) is 0 Å². The summed E-state index contributed by atoms with van der Waals surface area (Å²) in [6, 6.07) is -0.589. The number of carbonyl (C=O) groups excluding carboxylic acids is 2. The summed E-state index contributed by atoms with van der Waals surface area (Å²) < 4.78 is 0. The van der Waals surface area contributed by atoms with E-state index in [9.17, 15) is 9.59 Å². The Kier molecular flexibility index (Phi) is 4.66. The largest absolute Gasteiger partial charge is 0.340 e. The first-order valence-corrected chi connectivity index (χ1v) is 8.42. The van der Waals surface area contributed by atoms with E-state index in [0.717, 1.165) is 5.01 Å². The zero-order valence-corrected chi connectivity index (χ0v) is 13.9. The van der Waals surface area contributed by atoms with E-state index in [-0.39, 0.29) is 17.9 Å². The van der Waals surface area contributed by atoms with Crippen molar-refractivity contribution in [2.24, 2.45) is 0 Å². The predicted octanol–water partition coefficient (Wildman–Crippen LogP) is 2.50. The van der Waals surface area contributed by atoms with Gasteiger partial charge >= 0.3 is 0 Å². The van der Waals surface area contributed by atoms with Crippen molar-refractivity contribution >= 4 is 23.2 Å². The molecule has 2 rings (SSSR count). The van der Waals surface area contributed by atoms with Crippen LogP contribution in [0.5, 0.6) is 0 Å². The third-order valence-electron chi connectivity index (χ3n) is 4.46. The molecule has 1 aromatic rings. The summed E-state index contributed by atoms with van der Waals surface area (Å²) in [6.07, 6.45) is 3.55. The zero-order valence-electron chi connectivity index (χ0n) is 13.0. The molecule has 0 aromatic carbocycles. The maximum absolute atomic E-state index is 13.0. The number of piperazine rings is 1. The van der Waals surface area contributed by atoms with Crippen molar-refractivity contribution in [3.8, 4) is 0 Å². The van der Waals surface area contributed by atoms with Gasteiger partial charge in [-0.25, -0.2) is 4.98 Å². The average molecular weight is 309 g/mol. The van der Waals surface area contributed by atoms with E-state index in [1.54, 1.807) is 11.1 Å². The van der Waals surface area contributed by atoms with Gasteiger partial charge in [-0.1, -0.05) is 20.8 Å². The number of hydrogen-bond acceptors (Lipinski definition) is 4. The lowest BCUT2D eigenvalue weighted by atomic mass is 9.86. The number of thiazole rings is 1. The fourth-order valence-corrected chi connectivity index (χ4v) is 3.70. The summed E-state index contributed by atoms with van der Waals surface area (Å²) in [4.78, 5) is 31.6. The Bertz CT molecular complexity index is 511. The fraction of sp³-hybridized carbons (Fsp3) is 0.667. The second kappa shape index (κ2) is 6.13. The fourth-order valence-electron chi connectivity index (χ4n) is 3.00. The molecule has 1 N–H and O–H groups in total. The minimum absolute atomic E-state index is 0.0154. The van der Waals surface area contributed by atoms with E-state index in [1.165, 1.54) is 11.3 Å². The molecule has 1 saturated heterocycles. The number of rotatable bonds is 5. The number of hydrogen-bond donors (Lipinski definition) is 1. The summed E-state index contributed by atoms with van der Waals surface area (Å²) in [5, 5.41) is 5.73. The zero-order chi connectivity index (χ0) is 15.6. The normalized spacial score (nSPS) is 23.0. The topological polar surface area (TPSA) is 62.3 Å². The van der Waals surface area contributed by atoms with Gasteiger partial charge in [-0.05, 0) is 26.2 Å². The summed E-state index contributed by atoms with van der Waals surface area (Å²) in [5.41, 5.74) is -0.770. The molecule has 0 bridgehead atoms. The van der Waals surface area contributed by atoms with Gasteiger partial charge in [0.2, 0.25) is 11.8 Å². The molecule has 0 spiro atoms. The lowest BCUT2D eigenvalue weighted by molar-refractivity contribution is -0.158. The monoisotopic (exact) mass is 309 g/mol. The third kappa shape index (κ3) is 2.57. The number of nitrogens with one attached hydrogen (secondary N) is 1. The van der Waals surface area contributed by atoms with E-state index in [0.29, 0.717) is 19.3 Å². The molecule has 1 aromatic heterocycles. The van der Waals surface area contributed by atoms with Crippen molar-refractivity contribution < 1.29 is 9.59 Å². The Balaban J connectivity index is 2.42. The second-order valence-electron chi connectivity index (χ2n) is 5.46. The van der Waals surface area contributed by atoms with Crippen LogP contribution in [0.3, 0.4) is 0 Å². The van der Waals surface area contributed by atoms with Gasteiger partial charge in [0.25, 0.3) is 0 Å². The van der Waals surface area contributed by atoms with Crippen molar-refractivity contribution in [3.63, 3.8) is 0 Å². The van der Waals surface area contributed by atoms with Crippen LogP contribution < -0.4 is 5.32 Å². The van der Waals surface area contributed by atoms with Crippen molar-refractivity contribution in [2.45, 2.75) is 64.6 Å². The van der Waals surface area contributed by atoms with Crippen LogP contribution in [-0.4, -0.2) is 33.3 Å². The quantitative estimate of drug-likeness (QED) is 0.909. The van der Waals surface area contributed by atoms with Crippen LogP contribution in [0.15, 0.2) is 11.6 Å². The van der Waals surface area contributed by atoms with Crippen molar-refractivity contribution in [1.82, 2.24) is 15.2 Å². The molecule has 2 unspecified atom stereocenters. The van der Waals surface area contributed by atoms with Crippen LogP contribution >= 0.6 is 11.3 Å². The van der Waals surface area contributed by atoms with Crippen LogP contribution in [0.4, 0.5) is 0 Å². The smallest absolute Gasteiger partial charge is 0.249 e. The summed E-state index contributed by atoms with van der Waals surface area (Å²) in [5.74, 6) is -0.0362. The molecule has 0 saturated carbocycles. The maximum atomic E-state index is 13.0. The highest BCUT2D eigenvalue weighted by molar-refractivity contribution is 7.09. The highest BCUT2D eigenvalue weighted by Gasteiger charge is 2.50.